The van der Waals surface area contributed by atoms with E-state index in [1.54, 1.807) is 0 Å². The molecule has 10 nitrogen and oxygen atoms in total. The summed E-state index contributed by atoms with van der Waals surface area (Å²) in [6.45, 7) is 17.0. The minimum absolute atomic E-state index is 0.0143. The summed E-state index contributed by atoms with van der Waals surface area (Å²) in [5.41, 5.74) is 4.09. The summed E-state index contributed by atoms with van der Waals surface area (Å²) in [7, 11) is 4.46. The Balaban J connectivity index is 0.000000281. The van der Waals surface area contributed by atoms with Gasteiger partial charge in [-0.1, -0.05) is 29.8 Å². The van der Waals surface area contributed by atoms with Crippen LogP contribution in [0.1, 0.15) is 71.0 Å². The second-order valence-electron chi connectivity index (χ2n) is 15.2. The number of aromatic amines is 1. The normalized spacial score (nSPS) is 24.4. The van der Waals surface area contributed by atoms with E-state index >= 15 is 0 Å². The van der Waals surface area contributed by atoms with Crippen molar-refractivity contribution in [3.05, 3.63) is 40.7 Å². The van der Waals surface area contributed by atoms with Gasteiger partial charge in [0.15, 0.2) is 5.82 Å². The smallest absolute Gasteiger partial charge is 0.245 e. The van der Waals surface area contributed by atoms with E-state index in [2.05, 4.69) is 71.0 Å². The van der Waals surface area contributed by atoms with E-state index < -0.39 is 0 Å². The molecule has 1 aliphatic carbocycles. The van der Waals surface area contributed by atoms with Crippen LogP contribution in [0.15, 0.2) is 24.9 Å². The number of nitrogens with zero attached hydrogens (tertiary/aromatic N) is 7. The molecule has 1 aromatic carbocycles. The molecule has 2 atom stereocenters. The fourth-order valence-corrected chi connectivity index (χ4v) is 9.16. The number of nitrogens with one attached hydrogen (secondary N) is 1. The van der Waals surface area contributed by atoms with Crippen molar-refractivity contribution in [1.29, 1.82) is 0 Å². The molecule has 7 heterocycles. The van der Waals surface area contributed by atoms with Gasteiger partial charge in [-0.25, -0.2) is 0 Å². The second kappa shape index (κ2) is 13.4. The van der Waals surface area contributed by atoms with Gasteiger partial charge in [0, 0.05) is 78.0 Å². The standard InChI is InChI=1S/C27H32Cl2N6O.C7H14N2.C2H4O/c1-5-21(36)33-14-27(15-33)11-17(12-27)35-16(2)22(25(32-35)34-9-7-6-8-26(34,3)4)23-18-13-30-31-20(18)10-19(28)24(23)29;1-8-4-6-3-7(5-8)9(6)2;1-2-3/h5,10,13,17H,1,6-9,11-12,14-15H2,2-4H3,(H,30,31);6-7H,3-5H2,1-2H3;2H,1H3. The van der Waals surface area contributed by atoms with Crippen molar-refractivity contribution < 1.29 is 9.59 Å². The number of carbonyl (C=O) groups is 2. The van der Waals surface area contributed by atoms with Crippen LogP contribution in [0.4, 0.5) is 5.82 Å². The molecule has 48 heavy (non-hydrogen) atoms. The van der Waals surface area contributed by atoms with Crippen molar-refractivity contribution in [3.8, 4) is 11.1 Å². The number of benzene rings is 1. The number of piperidine rings is 2. The Bertz CT molecular complexity index is 1670. The van der Waals surface area contributed by atoms with Crippen LogP contribution in [0.3, 0.4) is 0 Å². The number of halogens is 2. The van der Waals surface area contributed by atoms with Crippen molar-refractivity contribution in [2.24, 2.45) is 5.41 Å². The third-order valence-corrected chi connectivity index (χ3v) is 12.2. The SMILES string of the molecule is C=CC(=O)N1CC2(CC(n3nc(N4CCCCC4(C)C)c(-c4c(Cl)c(Cl)cc5[nH]ncc45)c3C)C2)C1.CC=O.CN1CC2CC(C1)N2C. The highest BCUT2D eigenvalue weighted by molar-refractivity contribution is 6.45. The quantitative estimate of drug-likeness (QED) is 0.250. The average molecular weight is 698 g/mol. The highest BCUT2D eigenvalue weighted by Crippen LogP contribution is 2.56. The number of amides is 1. The Morgan fingerprint density at radius 3 is 2.33 bits per heavy atom. The van der Waals surface area contributed by atoms with Crippen LogP contribution >= 0.6 is 23.2 Å². The van der Waals surface area contributed by atoms with E-state index in [1.165, 1.54) is 38.9 Å². The first-order valence-electron chi connectivity index (χ1n) is 17.2. The molecule has 2 aromatic heterocycles. The number of H-pyrrole nitrogens is 1. The van der Waals surface area contributed by atoms with E-state index in [4.69, 9.17) is 33.1 Å². The van der Waals surface area contributed by atoms with Crippen molar-refractivity contribution in [2.45, 2.75) is 89.9 Å². The lowest BCUT2D eigenvalue weighted by atomic mass is 9.60. The molecule has 2 unspecified atom stereocenters. The first kappa shape index (κ1) is 34.9. The van der Waals surface area contributed by atoms with Crippen LogP contribution in [0, 0.1) is 12.3 Å². The Morgan fingerprint density at radius 1 is 1.08 bits per heavy atom. The summed E-state index contributed by atoms with van der Waals surface area (Å²) in [4.78, 5) is 30.0. The number of rotatable bonds is 4. The third kappa shape index (κ3) is 6.18. The summed E-state index contributed by atoms with van der Waals surface area (Å²) in [6, 6.07) is 3.90. The van der Waals surface area contributed by atoms with Crippen LogP contribution in [0.2, 0.25) is 10.0 Å². The lowest BCUT2D eigenvalue weighted by Gasteiger charge is -2.58. The van der Waals surface area contributed by atoms with Gasteiger partial charge in [0.1, 0.15) is 6.29 Å². The molecule has 1 saturated carbocycles. The largest absolute Gasteiger partial charge is 0.350 e. The number of anilines is 1. The van der Waals surface area contributed by atoms with Crippen molar-refractivity contribution in [3.63, 3.8) is 0 Å². The van der Waals surface area contributed by atoms with Gasteiger partial charge in [0.25, 0.3) is 0 Å². The number of hydrogen-bond acceptors (Lipinski definition) is 7. The molecule has 5 aliphatic heterocycles. The Kier molecular flexibility index (Phi) is 9.76. The van der Waals surface area contributed by atoms with Crippen molar-refractivity contribution in [1.82, 2.24) is 34.7 Å². The van der Waals surface area contributed by atoms with Crippen LogP contribution in [0.25, 0.3) is 22.0 Å². The van der Waals surface area contributed by atoms with Gasteiger partial charge in [0.2, 0.25) is 5.91 Å². The van der Waals surface area contributed by atoms with Crippen LogP contribution < -0.4 is 4.90 Å². The van der Waals surface area contributed by atoms with E-state index in [0.717, 1.165) is 97.2 Å². The number of hydrogen-bond donors (Lipinski definition) is 1. The molecule has 0 radical (unpaired) electrons. The molecule has 1 amide bonds. The number of likely N-dealkylation sites (N-methyl/N-ethyl adjacent to an activating group) is 2. The molecule has 2 bridgehead atoms. The molecule has 1 spiro atoms. The molecular formula is C36H50Cl2N8O2. The lowest BCUT2D eigenvalue weighted by molar-refractivity contribution is -0.149. The first-order chi connectivity index (χ1) is 22.8. The molecule has 3 aromatic rings. The molecule has 9 rings (SSSR count). The van der Waals surface area contributed by atoms with Crippen LogP contribution in [0.5, 0.6) is 0 Å². The number of likely N-dealkylation sites (tertiary alicyclic amines) is 1. The van der Waals surface area contributed by atoms with E-state index in [1.807, 2.05) is 17.2 Å². The number of fused-ring (bicyclic) bond motifs is 3. The maximum absolute atomic E-state index is 12.0. The lowest BCUT2D eigenvalue weighted by Crippen LogP contribution is -2.66. The minimum atomic E-state index is -0.0143. The fourth-order valence-electron chi connectivity index (χ4n) is 8.70. The van der Waals surface area contributed by atoms with Gasteiger partial charge < -0.3 is 19.5 Å². The number of piperazine rings is 1. The van der Waals surface area contributed by atoms with Gasteiger partial charge in [-0.15, -0.1) is 0 Å². The minimum Gasteiger partial charge on any atom is -0.350 e. The molecule has 260 valence electrons. The second-order valence-corrected chi connectivity index (χ2v) is 15.9. The topological polar surface area (TPSA) is 93.6 Å². The zero-order chi connectivity index (χ0) is 34.5. The highest BCUT2D eigenvalue weighted by atomic mass is 35.5. The van der Waals surface area contributed by atoms with Crippen LogP contribution in [-0.4, -0.2) is 111 Å². The zero-order valence-electron chi connectivity index (χ0n) is 29.2. The van der Waals surface area contributed by atoms with Gasteiger partial charge in [-0.05, 0) is 92.5 Å². The summed E-state index contributed by atoms with van der Waals surface area (Å²) in [6.07, 6.45) is 10.9. The predicted molar refractivity (Wildman–Crippen MR) is 194 cm³/mol. The molecule has 12 heteroatoms. The monoisotopic (exact) mass is 696 g/mol. The molecule has 1 N–H and O–H groups in total. The average Bonchev–Trinajstić information content (AvgIpc) is 3.60. The van der Waals surface area contributed by atoms with Crippen LogP contribution in [-0.2, 0) is 9.59 Å². The molecule has 5 saturated heterocycles. The van der Waals surface area contributed by atoms with E-state index in [0.29, 0.717) is 16.1 Å². The predicted octanol–water partition coefficient (Wildman–Crippen LogP) is 6.37. The van der Waals surface area contributed by atoms with Crippen molar-refractivity contribution in [2.75, 3.05) is 51.7 Å². The summed E-state index contributed by atoms with van der Waals surface area (Å²) in [5.74, 6) is 0.998. The maximum Gasteiger partial charge on any atom is 0.245 e. The van der Waals surface area contributed by atoms with Gasteiger partial charge in [0.05, 0.1) is 27.8 Å². The highest BCUT2D eigenvalue weighted by Gasteiger charge is 2.54. The van der Waals surface area contributed by atoms with Gasteiger partial charge >= 0.3 is 0 Å². The molecular weight excluding hydrogens is 647 g/mol. The fraction of sp³-hybridized carbons (Fsp3) is 0.611. The first-order valence-corrected chi connectivity index (χ1v) is 18.0. The number of aromatic nitrogens is 4. The Labute approximate surface area is 294 Å². The number of carbonyl (C=O) groups excluding carboxylic acids is 2. The van der Waals surface area contributed by atoms with E-state index in [-0.39, 0.29) is 16.9 Å². The summed E-state index contributed by atoms with van der Waals surface area (Å²) >= 11 is 13.5. The van der Waals surface area contributed by atoms with Gasteiger partial charge in [-0.2, -0.15) is 10.2 Å². The van der Waals surface area contributed by atoms with Crippen molar-refractivity contribution >= 4 is 52.1 Å². The Morgan fingerprint density at radius 2 is 1.75 bits per heavy atom. The Hall–Kier alpha value is -2.92. The summed E-state index contributed by atoms with van der Waals surface area (Å²) < 4.78 is 2.21. The third-order valence-electron chi connectivity index (χ3n) is 11.4. The molecule has 6 aliphatic rings. The van der Waals surface area contributed by atoms with E-state index in [9.17, 15) is 4.79 Å². The molecule has 6 fully saturated rings. The maximum atomic E-state index is 12.0. The summed E-state index contributed by atoms with van der Waals surface area (Å²) in [5, 5.41) is 14.6. The number of aldehydes is 1. The van der Waals surface area contributed by atoms with Gasteiger partial charge in [-0.3, -0.25) is 19.5 Å². The zero-order valence-corrected chi connectivity index (χ0v) is 30.7.